The van der Waals surface area contributed by atoms with E-state index in [1.54, 1.807) is 6.20 Å². The third-order valence-electron chi connectivity index (χ3n) is 0.974. The maximum atomic E-state index is 4.66. The Kier molecular flexibility index (Phi) is 0.745. The molecule has 2 rings (SSSR count). The minimum atomic E-state index is 0.477. The first-order chi connectivity index (χ1) is 4.47. The second kappa shape index (κ2) is 1.51. The Morgan fingerprint density at radius 2 is 2.56 bits per heavy atom. The highest BCUT2D eigenvalue weighted by atomic mass is 16.5. The molecule has 2 aromatic heterocycles. The van der Waals surface area contributed by atoms with Crippen LogP contribution in [0.5, 0.6) is 0 Å². The van der Waals surface area contributed by atoms with Crippen molar-refractivity contribution in [3.05, 3.63) is 18.7 Å². The molecule has 0 bridgehead atoms. The second-order valence-corrected chi connectivity index (χ2v) is 1.54. The van der Waals surface area contributed by atoms with Crippen LogP contribution in [0.3, 0.4) is 0 Å². The lowest BCUT2D eigenvalue weighted by atomic mass is 10.5. The number of aromatic nitrogens is 3. The van der Waals surface area contributed by atoms with Crippen molar-refractivity contribution in [2.24, 2.45) is 0 Å². The van der Waals surface area contributed by atoms with Gasteiger partial charge < -0.3 is 4.52 Å². The van der Waals surface area contributed by atoms with Gasteiger partial charge in [0.15, 0.2) is 0 Å². The van der Waals surface area contributed by atoms with Crippen LogP contribution in [-0.2, 0) is 0 Å². The molecule has 0 atom stereocenters. The van der Waals surface area contributed by atoms with Gasteiger partial charge in [-0.05, 0) is 0 Å². The summed E-state index contributed by atoms with van der Waals surface area (Å²) in [7, 11) is 0. The van der Waals surface area contributed by atoms with E-state index in [-0.39, 0.29) is 0 Å². The average Bonchev–Trinajstić information content (AvgIpc) is 2.33. The topological polar surface area (TPSA) is 51.8 Å². The van der Waals surface area contributed by atoms with E-state index in [4.69, 9.17) is 0 Å². The molecule has 4 nitrogen and oxygen atoms in total. The van der Waals surface area contributed by atoms with Crippen molar-refractivity contribution in [3.8, 4) is 0 Å². The van der Waals surface area contributed by atoms with Crippen molar-refractivity contribution >= 4 is 11.1 Å². The zero-order valence-corrected chi connectivity index (χ0v) is 4.40. The van der Waals surface area contributed by atoms with Crippen LogP contribution in [0, 0.1) is 6.20 Å². The van der Waals surface area contributed by atoms with Crippen molar-refractivity contribution in [2.75, 3.05) is 0 Å². The van der Waals surface area contributed by atoms with Crippen molar-refractivity contribution in [3.63, 3.8) is 0 Å². The van der Waals surface area contributed by atoms with E-state index in [0.717, 1.165) is 0 Å². The molecule has 43 valence electrons. The van der Waals surface area contributed by atoms with Gasteiger partial charge in [0.1, 0.15) is 12.5 Å². The predicted octanol–water partition coefficient (Wildman–Crippen LogP) is 0.418. The van der Waals surface area contributed by atoms with Crippen molar-refractivity contribution in [2.45, 2.75) is 0 Å². The van der Waals surface area contributed by atoms with E-state index in [1.807, 2.05) is 0 Å². The number of nitrogens with zero attached hydrogens (tertiary/aromatic N) is 3. The highest BCUT2D eigenvalue weighted by molar-refractivity contribution is 5.68. The summed E-state index contributed by atoms with van der Waals surface area (Å²) in [6.45, 7) is 0. The highest BCUT2D eigenvalue weighted by Gasteiger charge is 1.95. The Hall–Kier alpha value is -1.45. The van der Waals surface area contributed by atoms with E-state index in [1.165, 1.54) is 6.33 Å². The Labute approximate surface area is 50.5 Å². The van der Waals surface area contributed by atoms with Gasteiger partial charge in [-0.15, -0.1) is 0 Å². The summed E-state index contributed by atoms with van der Waals surface area (Å²) in [5, 5.41) is 4.10. The van der Waals surface area contributed by atoms with Crippen molar-refractivity contribution in [1.82, 2.24) is 15.1 Å². The number of hydrogen-bond donors (Lipinski definition) is 0. The van der Waals surface area contributed by atoms with Crippen LogP contribution in [-0.4, -0.2) is 15.1 Å². The monoisotopic (exact) mass is 120 g/mol. The van der Waals surface area contributed by atoms with Crippen LogP contribution in [0.25, 0.3) is 11.1 Å². The minimum Gasteiger partial charge on any atom is -0.335 e. The summed E-state index contributed by atoms with van der Waals surface area (Å²) in [6, 6.07) is 0. The minimum absolute atomic E-state index is 0.477. The lowest BCUT2D eigenvalue weighted by molar-refractivity contribution is 0.446. The van der Waals surface area contributed by atoms with Gasteiger partial charge in [0, 0.05) is 6.20 Å². The summed E-state index contributed by atoms with van der Waals surface area (Å²) in [5.41, 5.74) is 0.477. The number of hydrogen-bond acceptors (Lipinski definition) is 4. The molecule has 0 saturated heterocycles. The molecule has 0 N–H and O–H groups in total. The highest BCUT2D eigenvalue weighted by Crippen LogP contribution is 2.04. The zero-order chi connectivity index (χ0) is 6.10. The first kappa shape index (κ1) is 4.43. The maximum Gasteiger partial charge on any atom is 0.261 e. The van der Waals surface area contributed by atoms with Crippen LogP contribution >= 0.6 is 0 Å². The largest absolute Gasteiger partial charge is 0.335 e. The molecule has 0 saturated carbocycles. The Bertz CT molecular complexity index is 286. The van der Waals surface area contributed by atoms with Gasteiger partial charge >= 0.3 is 0 Å². The lowest BCUT2D eigenvalue weighted by Gasteiger charge is -1.77. The second-order valence-electron chi connectivity index (χ2n) is 1.54. The van der Waals surface area contributed by atoms with Gasteiger partial charge in [-0.3, -0.25) is 0 Å². The normalized spacial score (nSPS) is 10.2. The molecule has 0 fully saturated rings. The standard InChI is InChI=1S/C5H2N3O/c1-4-2-8-9-5(4)7-3-6-1/h1,3H. The Morgan fingerprint density at radius 1 is 1.56 bits per heavy atom. The fraction of sp³-hybridized carbons (Fsp3) is 0. The maximum absolute atomic E-state index is 4.66. The Morgan fingerprint density at radius 3 is 3.44 bits per heavy atom. The third-order valence-corrected chi connectivity index (χ3v) is 0.974. The van der Waals surface area contributed by atoms with Gasteiger partial charge in [0.25, 0.3) is 5.71 Å². The molecule has 1 radical (unpaired) electrons. The third kappa shape index (κ3) is 0.561. The van der Waals surface area contributed by atoms with Gasteiger partial charge in [0.05, 0.1) is 5.39 Å². The molecule has 0 aliphatic heterocycles. The molecule has 4 heteroatoms. The summed E-state index contributed by atoms with van der Waals surface area (Å²) in [6.07, 6.45) is 5.58. The Balaban J connectivity index is 2.95. The van der Waals surface area contributed by atoms with Crippen LogP contribution in [0.4, 0.5) is 0 Å². The molecule has 0 unspecified atom stereocenters. The van der Waals surface area contributed by atoms with Gasteiger partial charge in [-0.1, -0.05) is 5.16 Å². The fourth-order valence-electron chi connectivity index (χ4n) is 0.583. The van der Waals surface area contributed by atoms with Crippen LogP contribution < -0.4 is 0 Å². The van der Waals surface area contributed by atoms with Crippen molar-refractivity contribution < 1.29 is 4.52 Å². The summed E-state index contributed by atoms with van der Waals surface area (Å²) in [5.74, 6) is 0. The van der Waals surface area contributed by atoms with E-state index < -0.39 is 0 Å². The SMILES string of the molecule is [c]1noc2ncncc12. The predicted molar refractivity (Wildman–Crippen MR) is 28.4 cm³/mol. The molecule has 2 heterocycles. The van der Waals surface area contributed by atoms with Crippen LogP contribution in [0.1, 0.15) is 0 Å². The molecule has 2 aromatic rings. The quantitative estimate of drug-likeness (QED) is 0.505. The van der Waals surface area contributed by atoms with Crippen molar-refractivity contribution in [1.29, 1.82) is 0 Å². The van der Waals surface area contributed by atoms with E-state index in [0.29, 0.717) is 11.1 Å². The zero-order valence-electron chi connectivity index (χ0n) is 4.40. The van der Waals surface area contributed by atoms with E-state index in [2.05, 4.69) is 25.8 Å². The van der Waals surface area contributed by atoms with E-state index in [9.17, 15) is 0 Å². The smallest absolute Gasteiger partial charge is 0.261 e. The molecule has 0 spiro atoms. The van der Waals surface area contributed by atoms with Gasteiger partial charge in [0.2, 0.25) is 0 Å². The molecule has 0 aliphatic rings. The molecule has 0 aliphatic carbocycles. The van der Waals surface area contributed by atoms with E-state index >= 15 is 0 Å². The van der Waals surface area contributed by atoms with Gasteiger partial charge in [-0.2, -0.15) is 4.98 Å². The summed E-state index contributed by atoms with van der Waals surface area (Å²) < 4.78 is 4.66. The molecule has 9 heavy (non-hydrogen) atoms. The molecule has 0 amide bonds. The van der Waals surface area contributed by atoms with Gasteiger partial charge in [-0.25, -0.2) is 4.98 Å². The summed E-state index contributed by atoms with van der Waals surface area (Å²) >= 11 is 0. The first-order valence-corrected chi connectivity index (χ1v) is 2.40. The average molecular weight is 120 g/mol. The fourth-order valence-corrected chi connectivity index (χ4v) is 0.583. The number of rotatable bonds is 0. The lowest BCUT2D eigenvalue weighted by Crippen LogP contribution is -1.73. The van der Waals surface area contributed by atoms with Crippen LogP contribution in [0.15, 0.2) is 17.0 Å². The molecular formula is C5H2N3O. The summed E-state index contributed by atoms with van der Waals surface area (Å²) in [4.78, 5) is 7.51. The van der Waals surface area contributed by atoms with Crippen LogP contribution in [0.2, 0.25) is 0 Å². The molecule has 0 aromatic carbocycles. The number of fused-ring (bicyclic) bond motifs is 1. The first-order valence-electron chi connectivity index (χ1n) is 2.40. The molecular weight excluding hydrogens is 118 g/mol.